The predicted octanol–water partition coefficient (Wildman–Crippen LogP) is 1.08. The standard InChI is InChI=1S/C13H14N4O2/c1-8-7-11(16-17(8)2)13(19)15-10-5-3-9(4-6-10)12(14)18/h3-7H,1-2H3,(H2,14,18)(H,15,19). The number of carbonyl (C=O) groups excluding carboxylic acids is 2. The summed E-state index contributed by atoms with van der Waals surface area (Å²) in [5.74, 6) is -0.797. The Bertz CT molecular complexity index is 609. The molecule has 0 aliphatic rings. The van der Waals surface area contributed by atoms with Crippen molar-refractivity contribution in [3.05, 3.63) is 47.3 Å². The SMILES string of the molecule is Cc1cc(C(=O)Nc2ccc(C(N)=O)cc2)nn1C. The van der Waals surface area contributed by atoms with Crippen LogP contribution in [0.3, 0.4) is 0 Å². The van der Waals surface area contributed by atoms with Crippen LogP contribution in [0.2, 0.25) is 0 Å². The molecule has 1 aromatic carbocycles. The maximum atomic E-state index is 11.9. The molecule has 0 aliphatic carbocycles. The molecule has 0 saturated carbocycles. The third-order valence-corrected chi connectivity index (χ3v) is 2.77. The van der Waals surface area contributed by atoms with Gasteiger partial charge in [-0.25, -0.2) is 0 Å². The van der Waals surface area contributed by atoms with Gasteiger partial charge in [-0.15, -0.1) is 0 Å². The van der Waals surface area contributed by atoms with Gasteiger partial charge in [-0.1, -0.05) is 0 Å². The second-order valence-electron chi connectivity index (χ2n) is 4.19. The Morgan fingerprint density at radius 2 is 1.89 bits per heavy atom. The van der Waals surface area contributed by atoms with Crippen LogP contribution in [0, 0.1) is 6.92 Å². The first-order valence-corrected chi connectivity index (χ1v) is 5.69. The smallest absolute Gasteiger partial charge is 0.276 e. The fourth-order valence-corrected chi connectivity index (χ4v) is 1.58. The van der Waals surface area contributed by atoms with Gasteiger partial charge in [0.2, 0.25) is 5.91 Å². The summed E-state index contributed by atoms with van der Waals surface area (Å²) in [6.45, 7) is 1.87. The number of aryl methyl sites for hydroxylation is 2. The fourth-order valence-electron chi connectivity index (χ4n) is 1.58. The quantitative estimate of drug-likeness (QED) is 0.863. The first kappa shape index (κ1) is 12.8. The van der Waals surface area contributed by atoms with E-state index in [4.69, 9.17) is 5.73 Å². The van der Waals surface area contributed by atoms with Crippen molar-refractivity contribution in [1.82, 2.24) is 9.78 Å². The van der Waals surface area contributed by atoms with Crippen LogP contribution in [0.5, 0.6) is 0 Å². The summed E-state index contributed by atoms with van der Waals surface area (Å²) >= 11 is 0. The Morgan fingerprint density at radius 3 is 2.37 bits per heavy atom. The second kappa shape index (κ2) is 4.93. The number of aromatic nitrogens is 2. The number of amides is 2. The summed E-state index contributed by atoms with van der Waals surface area (Å²) in [5.41, 5.74) is 7.36. The van der Waals surface area contributed by atoms with E-state index in [2.05, 4.69) is 10.4 Å². The van der Waals surface area contributed by atoms with Gasteiger partial charge < -0.3 is 11.1 Å². The van der Waals surface area contributed by atoms with Gasteiger partial charge in [-0.05, 0) is 37.3 Å². The van der Waals surface area contributed by atoms with Crippen LogP contribution in [0.1, 0.15) is 26.5 Å². The number of nitrogens with one attached hydrogen (secondary N) is 1. The third-order valence-electron chi connectivity index (χ3n) is 2.77. The van der Waals surface area contributed by atoms with Crippen LogP contribution in [-0.2, 0) is 7.05 Å². The van der Waals surface area contributed by atoms with Gasteiger partial charge in [0.1, 0.15) is 0 Å². The van der Waals surface area contributed by atoms with Gasteiger partial charge in [0.25, 0.3) is 5.91 Å². The zero-order chi connectivity index (χ0) is 14.0. The monoisotopic (exact) mass is 258 g/mol. The number of nitrogens with zero attached hydrogens (tertiary/aromatic N) is 2. The summed E-state index contributed by atoms with van der Waals surface area (Å²) in [7, 11) is 1.77. The van der Waals surface area contributed by atoms with E-state index in [1.165, 1.54) is 0 Å². The average Bonchev–Trinajstić information content (AvgIpc) is 2.70. The van der Waals surface area contributed by atoms with Crippen molar-refractivity contribution in [3.8, 4) is 0 Å². The summed E-state index contributed by atoms with van der Waals surface area (Å²) in [5, 5.41) is 6.78. The molecular weight excluding hydrogens is 244 g/mol. The van der Waals surface area contributed by atoms with E-state index in [-0.39, 0.29) is 5.91 Å². The molecule has 0 radical (unpaired) electrons. The van der Waals surface area contributed by atoms with E-state index in [1.807, 2.05) is 6.92 Å². The number of anilines is 1. The average molecular weight is 258 g/mol. The van der Waals surface area contributed by atoms with Gasteiger partial charge >= 0.3 is 0 Å². The Morgan fingerprint density at radius 1 is 1.26 bits per heavy atom. The van der Waals surface area contributed by atoms with Gasteiger partial charge in [0, 0.05) is 24.0 Å². The van der Waals surface area contributed by atoms with E-state index in [9.17, 15) is 9.59 Å². The topological polar surface area (TPSA) is 90.0 Å². The minimum Gasteiger partial charge on any atom is -0.366 e. The summed E-state index contributed by atoms with van der Waals surface area (Å²) < 4.78 is 1.63. The first-order valence-electron chi connectivity index (χ1n) is 5.69. The molecule has 0 atom stereocenters. The van der Waals surface area contributed by atoms with E-state index < -0.39 is 5.91 Å². The molecule has 2 aromatic rings. The number of nitrogens with two attached hydrogens (primary N) is 1. The molecule has 0 fully saturated rings. The van der Waals surface area contributed by atoms with Crippen molar-refractivity contribution >= 4 is 17.5 Å². The van der Waals surface area contributed by atoms with E-state index in [0.29, 0.717) is 16.9 Å². The lowest BCUT2D eigenvalue weighted by atomic mass is 10.2. The molecule has 0 spiro atoms. The number of rotatable bonds is 3. The molecule has 0 saturated heterocycles. The Hall–Kier alpha value is -2.63. The lowest BCUT2D eigenvalue weighted by molar-refractivity contribution is 0.0997. The van der Waals surface area contributed by atoms with Gasteiger partial charge in [-0.2, -0.15) is 5.10 Å². The molecule has 6 nitrogen and oxygen atoms in total. The van der Waals surface area contributed by atoms with Crippen LogP contribution in [0.15, 0.2) is 30.3 Å². The van der Waals surface area contributed by atoms with E-state index >= 15 is 0 Å². The van der Waals surface area contributed by atoms with Crippen molar-refractivity contribution in [1.29, 1.82) is 0 Å². The Kier molecular flexibility index (Phi) is 3.33. The molecule has 1 aromatic heterocycles. The highest BCUT2D eigenvalue weighted by atomic mass is 16.2. The van der Waals surface area contributed by atoms with Crippen molar-refractivity contribution in [2.24, 2.45) is 12.8 Å². The van der Waals surface area contributed by atoms with Crippen LogP contribution in [0.4, 0.5) is 5.69 Å². The first-order chi connectivity index (χ1) is 8.97. The summed E-state index contributed by atoms with van der Waals surface area (Å²) in [4.78, 5) is 22.8. The highest BCUT2D eigenvalue weighted by Crippen LogP contribution is 2.11. The van der Waals surface area contributed by atoms with Crippen molar-refractivity contribution in [3.63, 3.8) is 0 Å². The minimum atomic E-state index is -0.502. The molecule has 0 unspecified atom stereocenters. The summed E-state index contributed by atoms with van der Waals surface area (Å²) in [6, 6.07) is 8.05. The van der Waals surface area contributed by atoms with Crippen LogP contribution >= 0.6 is 0 Å². The van der Waals surface area contributed by atoms with Crippen LogP contribution in [0.25, 0.3) is 0 Å². The molecular formula is C13H14N4O2. The summed E-state index contributed by atoms with van der Waals surface area (Å²) in [6.07, 6.45) is 0. The highest BCUT2D eigenvalue weighted by Gasteiger charge is 2.11. The molecule has 2 amide bonds. The number of benzene rings is 1. The highest BCUT2D eigenvalue weighted by molar-refractivity contribution is 6.03. The molecule has 0 bridgehead atoms. The van der Waals surface area contributed by atoms with Crippen LogP contribution in [-0.4, -0.2) is 21.6 Å². The zero-order valence-electron chi connectivity index (χ0n) is 10.7. The maximum Gasteiger partial charge on any atom is 0.276 e. The normalized spacial score (nSPS) is 10.2. The van der Waals surface area contributed by atoms with Gasteiger partial charge in [-0.3, -0.25) is 14.3 Å². The van der Waals surface area contributed by atoms with E-state index in [0.717, 1.165) is 5.69 Å². The molecule has 19 heavy (non-hydrogen) atoms. The molecule has 3 N–H and O–H groups in total. The van der Waals surface area contributed by atoms with E-state index in [1.54, 1.807) is 42.1 Å². The van der Waals surface area contributed by atoms with Crippen molar-refractivity contribution < 1.29 is 9.59 Å². The molecule has 98 valence electrons. The van der Waals surface area contributed by atoms with Gasteiger partial charge in [0.15, 0.2) is 5.69 Å². The maximum absolute atomic E-state index is 11.9. The largest absolute Gasteiger partial charge is 0.366 e. The second-order valence-corrected chi connectivity index (χ2v) is 4.19. The minimum absolute atomic E-state index is 0.296. The lowest BCUT2D eigenvalue weighted by Crippen LogP contribution is -2.14. The molecule has 6 heteroatoms. The molecule has 0 aliphatic heterocycles. The van der Waals surface area contributed by atoms with Crippen LogP contribution < -0.4 is 11.1 Å². The number of primary amides is 1. The van der Waals surface area contributed by atoms with Crippen molar-refractivity contribution in [2.75, 3.05) is 5.32 Å². The Labute approximate surface area is 110 Å². The van der Waals surface area contributed by atoms with Gasteiger partial charge in [0.05, 0.1) is 0 Å². The third kappa shape index (κ3) is 2.79. The predicted molar refractivity (Wildman–Crippen MR) is 70.9 cm³/mol. The number of hydrogen-bond acceptors (Lipinski definition) is 3. The zero-order valence-corrected chi connectivity index (χ0v) is 10.7. The Balaban J connectivity index is 2.12. The molecule has 2 rings (SSSR count). The molecule has 1 heterocycles. The van der Waals surface area contributed by atoms with Crippen molar-refractivity contribution in [2.45, 2.75) is 6.92 Å². The number of hydrogen-bond donors (Lipinski definition) is 2. The lowest BCUT2D eigenvalue weighted by Gasteiger charge is -2.03. The number of carbonyl (C=O) groups is 2. The fraction of sp³-hybridized carbons (Fsp3) is 0.154.